The Labute approximate surface area is 253 Å². The number of aliphatic hydroxyl groups excluding tert-OH is 1. The molecule has 10 heteroatoms. The molecule has 1 amide bonds. The molecule has 1 fully saturated rings. The number of methoxy groups -OCH3 is 1. The number of amides is 1. The van der Waals surface area contributed by atoms with Gasteiger partial charge >= 0.3 is 0 Å². The van der Waals surface area contributed by atoms with E-state index < -0.39 is 18.0 Å². The number of nitrogens with zero attached hydrogens (tertiary/aromatic N) is 3. The maximum atomic E-state index is 14.7. The van der Waals surface area contributed by atoms with Crippen molar-refractivity contribution in [1.29, 1.82) is 0 Å². The summed E-state index contributed by atoms with van der Waals surface area (Å²) in [4.78, 5) is 21.6. The van der Waals surface area contributed by atoms with Gasteiger partial charge in [-0.1, -0.05) is 20.8 Å². The topological polar surface area (TPSA) is 111 Å². The fourth-order valence-corrected chi connectivity index (χ4v) is 6.21. The molecular formula is C33H44FN5O4. The number of fused-ring (bicyclic) bond motifs is 1. The van der Waals surface area contributed by atoms with Gasteiger partial charge in [0.2, 0.25) is 11.8 Å². The van der Waals surface area contributed by atoms with E-state index >= 15 is 0 Å². The zero-order valence-corrected chi connectivity index (χ0v) is 25.8. The van der Waals surface area contributed by atoms with Crippen LogP contribution in [-0.2, 0) is 29.4 Å². The molecule has 0 unspecified atom stereocenters. The van der Waals surface area contributed by atoms with Gasteiger partial charge in [0.1, 0.15) is 23.8 Å². The van der Waals surface area contributed by atoms with Crippen molar-refractivity contribution in [1.82, 2.24) is 25.2 Å². The van der Waals surface area contributed by atoms with Crippen molar-refractivity contribution in [3.63, 3.8) is 0 Å². The lowest BCUT2D eigenvalue weighted by molar-refractivity contribution is -0.126. The summed E-state index contributed by atoms with van der Waals surface area (Å²) in [6.45, 7) is 6.68. The van der Waals surface area contributed by atoms with E-state index in [1.807, 2.05) is 23.9 Å². The summed E-state index contributed by atoms with van der Waals surface area (Å²) in [6, 6.07) is 6.13. The van der Waals surface area contributed by atoms with Crippen molar-refractivity contribution in [2.24, 2.45) is 12.5 Å². The maximum Gasteiger partial charge on any atom is 0.246 e. The number of imidazole rings is 1. The lowest BCUT2D eigenvalue weighted by Gasteiger charge is -2.47. The van der Waals surface area contributed by atoms with Crippen LogP contribution in [0.5, 0.6) is 5.88 Å². The number of rotatable bonds is 11. The Morgan fingerprint density at radius 1 is 1.23 bits per heavy atom. The second-order valence-electron chi connectivity index (χ2n) is 13.4. The van der Waals surface area contributed by atoms with Gasteiger partial charge in [0.05, 0.1) is 12.1 Å². The number of benzene rings is 1. The normalized spacial score (nSPS) is 18.8. The highest BCUT2D eigenvalue weighted by molar-refractivity contribution is 5.77. The van der Waals surface area contributed by atoms with E-state index in [0.717, 1.165) is 43.2 Å². The molecule has 0 saturated heterocycles. The van der Waals surface area contributed by atoms with Gasteiger partial charge in [-0.15, -0.1) is 0 Å². The number of carbonyl (C=O) groups excluding carboxylic acids is 1. The van der Waals surface area contributed by atoms with Gasteiger partial charge in [0.15, 0.2) is 0 Å². The van der Waals surface area contributed by atoms with Crippen LogP contribution in [0.4, 0.5) is 4.39 Å². The Bertz CT molecular complexity index is 1430. The monoisotopic (exact) mass is 593 g/mol. The number of nitrogens with one attached hydrogen (secondary N) is 2. The average molecular weight is 594 g/mol. The molecule has 0 radical (unpaired) electrons. The van der Waals surface area contributed by atoms with E-state index in [-0.39, 0.29) is 42.5 Å². The number of carbonyl (C=O) groups is 1. The van der Waals surface area contributed by atoms with E-state index in [2.05, 4.69) is 42.5 Å². The fraction of sp³-hybridized carbons (Fsp3) is 0.545. The number of aryl methyl sites for hydroxylation is 1. The molecule has 3 N–H and O–H groups in total. The summed E-state index contributed by atoms with van der Waals surface area (Å²) in [5.41, 5.74) is 3.28. The summed E-state index contributed by atoms with van der Waals surface area (Å²) >= 11 is 0. The van der Waals surface area contributed by atoms with E-state index in [9.17, 15) is 14.3 Å². The van der Waals surface area contributed by atoms with E-state index in [0.29, 0.717) is 22.8 Å². The Kier molecular flexibility index (Phi) is 9.20. The van der Waals surface area contributed by atoms with Crippen LogP contribution in [0.2, 0.25) is 0 Å². The molecule has 9 nitrogen and oxygen atoms in total. The van der Waals surface area contributed by atoms with Crippen molar-refractivity contribution in [2.75, 3.05) is 20.3 Å². The van der Waals surface area contributed by atoms with Crippen LogP contribution in [-0.4, -0.2) is 63.6 Å². The molecule has 1 spiro atoms. The van der Waals surface area contributed by atoms with Gasteiger partial charge in [0.25, 0.3) is 0 Å². The van der Waals surface area contributed by atoms with Crippen molar-refractivity contribution < 1.29 is 23.8 Å². The first-order valence-corrected chi connectivity index (χ1v) is 15.1. The number of halogens is 1. The molecule has 1 aliphatic heterocycles. The average Bonchev–Trinajstić information content (AvgIpc) is 3.35. The Balaban J connectivity index is 1.35. The number of ether oxygens (including phenoxy) is 2. The van der Waals surface area contributed by atoms with Gasteiger partial charge in [-0.25, -0.2) is 14.4 Å². The van der Waals surface area contributed by atoms with Crippen molar-refractivity contribution in [2.45, 2.75) is 83.1 Å². The molecular weight excluding hydrogens is 549 g/mol. The van der Waals surface area contributed by atoms with Gasteiger partial charge in [-0.3, -0.25) is 4.79 Å². The largest absolute Gasteiger partial charge is 0.471 e. The number of hydrogen-bond donors (Lipinski definition) is 3. The van der Waals surface area contributed by atoms with E-state index in [1.165, 1.54) is 19.2 Å². The van der Waals surface area contributed by atoms with Crippen molar-refractivity contribution in [3.8, 4) is 17.3 Å². The lowest BCUT2D eigenvalue weighted by Crippen LogP contribution is -2.52. The molecule has 3 heterocycles. The zero-order valence-electron chi connectivity index (χ0n) is 25.8. The smallest absolute Gasteiger partial charge is 0.246 e. The standard InChI is InChI=1S/C33H44FN5O4/c1-32(2,3)16-22-13-25-27(17-33(7-6-8-33)43-31(25)37-18-22)36-19-28(40)26(38-29(41)20-42-5)14-21-11-23(15-24(34)12-21)30-35-9-10-39(30)4/h9-13,15,18,26-28,36,40H,6-8,14,16-17,19-20H2,1-5H3,(H,38,41)/t26-,27-,28+/m0/s1. The van der Waals surface area contributed by atoms with E-state index in [4.69, 9.17) is 14.5 Å². The molecule has 0 bridgehead atoms. The first-order chi connectivity index (χ1) is 20.4. The highest BCUT2D eigenvalue weighted by atomic mass is 19.1. The van der Waals surface area contributed by atoms with Crippen LogP contribution in [0, 0.1) is 11.2 Å². The highest BCUT2D eigenvalue weighted by Gasteiger charge is 2.46. The predicted molar refractivity (Wildman–Crippen MR) is 162 cm³/mol. The number of pyridine rings is 1. The van der Waals surface area contributed by atoms with Crippen LogP contribution in [0.3, 0.4) is 0 Å². The lowest BCUT2D eigenvalue weighted by atomic mass is 9.73. The van der Waals surface area contributed by atoms with Gasteiger partial charge in [-0.2, -0.15) is 0 Å². The first kappa shape index (κ1) is 31.1. The maximum absolute atomic E-state index is 14.7. The molecule has 3 atom stereocenters. The van der Waals surface area contributed by atoms with Crippen molar-refractivity contribution >= 4 is 5.91 Å². The molecule has 2 aliphatic rings. The summed E-state index contributed by atoms with van der Waals surface area (Å²) < 4.78 is 28.0. The zero-order chi connectivity index (χ0) is 30.8. The van der Waals surface area contributed by atoms with Gasteiger partial charge in [-0.05, 0) is 72.9 Å². The third-order valence-electron chi connectivity index (χ3n) is 8.35. The van der Waals surface area contributed by atoms with Crippen LogP contribution in [0.25, 0.3) is 11.4 Å². The number of hydrogen-bond acceptors (Lipinski definition) is 7. The molecule has 5 rings (SSSR count). The summed E-state index contributed by atoms with van der Waals surface area (Å²) in [5.74, 6) is 0.522. The van der Waals surface area contributed by atoms with Crippen LogP contribution in [0.1, 0.15) is 69.2 Å². The number of aliphatic hydroxyl groups is 1. The molecule has 1 aliphatic carbocycles. The van der Waals surface area contributed by atoms with Gasteiger partial charge < -0.3 is 29.8 Å². The molecule has 43 heavy (non-hydrogen) atoms. The minimum atomic E-state index is -0.963. The van der Waals surface area contributed by atoms with Crippen LogP contribution < -0.4 is 15.4 Å². The molecule has 1 aromatic carbocycles. The Hall–Kier alpha value is -3.34. The summed E-state index contributed by atoms with van der Waals surface area (Å²) in [5, 5.41) is 17.9. The minimum absolute atomic E-state index is 0.0642. The quantitative estimate of drug-likeness (QED) is 0.304. The Morgan fingerprint density at radius 3 is 2.67 bits per heavy atom. The van der Waals surface area contributed by atoms with Crippen LogP contribution in [0.15, 0.2) is 42.9 Å². The minimum Gasteiger partial charge on any atom is -0.471 e. The molecule has 2 aromatic heterocycles. The molecule has 232 valence electrons. The van der Waals surface area contributed by atoms with Crippen molar-refractivity contribution in [3.05, 3.63) is 65.4 Å². The summed E-state index contributed by atoms with van der Waals surface area (Å²) in [7, 11) is 3.29. The Morgan fingerprint density at radius 2 is 2.02 bits per heavy atom. The van der Waals surface area contributed by atoms with Crippen LogP contribution >= 0.6 is 0 Å². The molecule has 1 saturated carbocycles. The first-order valence-electron chi connectivity index (χ1n) is 15.1. The number of aromatic nitrogens is 3. The summed E-state index contributed by atoms with van der Waals surface area (Å²) in [6.07, 6.45) is 9.37. The second kappa shape index (κ2) is 12.7. The third-order valence-corrected chi connectivity index (χ3v) is 8.35. The third kappa shape index (κ3) is 7.60. The van der Waals surface area contributed by atoms with E-state index in [1.54, 1.807) is 12.4 Å². The van der Waals surface area contributed by atoms with Gasteiger partial charge in [0, 0.05) is 62.9 Å². The highest BCUT2D eigenvalue weighted by Crippen LogP contribution is 2.48. The molecule has 3 aromatic rings. The fourth-order valence-electron chi connectivity index (χ4n) is 6.21. The SMILES string of the molecule is COCC(=O)N[C@@H](Cc1cc(F)cc(-c2nccn2C)c1)[C@H](O)CN[C@H]1CC2(CCC2)Oc2ncc(CC(C)(C)C)cc21. The predicted octanol–water partition coefficient (Wildman–Crippen LogP) is 4.28. The second-order valence-corrected chi connectivity index (χ2v) is 13.4.